The third-order valence-electron chi connectivity index (χ3n) is 4.76. The van der Waals surface area contributed by atoms with Gasteiger partial charge in [0.25, 0.3) is 5.91 Å². The number of pyridine rings is 1. The standard InChI is InChI=1S/C23H20ClN3O2S/c1-15-10-20-21(11-16(15)2)30-23(26-20)27(13-17-4-3-9-25-12-17)22(28)14-29-19-7-5-18(24)6-8-19/h3-12H,13-14H2,1-2H3. The van der Waals surface area contributed by atoms with Crippen molar-refractivity contribution in [3.63, 3.8) is 0 Å². The molecule has 0 unspecified atom stereocenters. The molecule has 2 aromatic heterocycles. The minimum atomic E-state index is -0.179. The maximum Gasteiger partial charge on any atom is 0.267 e. The fourth-order valence-electron chi connectivity index (χ4n) is 2.97. The second kappa shape index (κ2) is 8.81. The van der Waals surface area contributed by atoms with Crippen LogP contribution in [-0.4, -0.2) is 22.5 Å². The second-order valence-electron chi connectivity index (χ2n) is 6.98. The van der Waals surface area contributed by atoms with Gasteiger partial charge in [-0.2, -0.15) is 0 Å². The van der Waals surface area contributed by atoms with E-state index in [1.54, 1.807) is 41.6 Å². The highest BCUT2D eigenvalue weighted by Crippen LogP contribution is 2.31. The number of aryl methyl sites for hydroxylation is 2. The maximum absolute atomic E-state index is 13.1. The Hall–Kier alpha value is -2.96. The van der Waals surface area contributed by atoms with Gasteiger partial charge >= 0.3 is 0 Å². The largest absolute Gasteiger partial charge is 0.484 e. The van der Waals surface area contributed by atoms with Gasteiger partial charge in [-0.1, -0.05) is 29.0 Å². The fraction of sp³-hybridized carbons (Fsp3) is 0.174. The fourth-order valence-corrected chi connectivity index (χ4v) is 4.16. The molecule has 5 nitrogen and oxygen atoms in total. The molecule has 0 bridgehead atoms. The van der Waals surface area contributed by atoms with Crippen molar-refractivity contribution >= 4 is 44.2 Å². The van der Waals surface area contributed by atoms with E-state index in [0.29, 0.717) is 22.4 Å². The number of carbonyl (C=O) groups excluding carboxylic acids is 1. The number of aromatic nitrogens is 2. The zero-order valence-corrected chi connectivity index (χ0v) is 18.2. The number of amides is 1. The number of hydrogen-bond acceptors (Lipinski definition) is 5. The summed E-state index contributed by atoms with van der Waals surface area (Å²) >= 11 is 7.41. The molecule has 0 saturated heterocycles. The molecule has 2 aromatic carbocycles. The van der Waals surface area contributed by atoms with E-state index >= 15 is 0 Å². The van der Waals surface area contributed by atoms with Gasteiger partial charge in [0.2, 0.25) is 0 Å². The van der Waals surface area contributed by atoms with Crippen molar-refractivity contribution in [2.45, 2.75) is 20.4 Å². The zero-order valence-electron chi connectivity index (χ0n) is 16.6. The molecule has 0 aliphatic heterocycles. The molecule has 30 heavy (non-hydrogen) atoms. The predicted molar refractivity (Wildman–Crippen MR) is 121 cm³/mol. The number of ether oxygens (including phenoxy) is 1. The van der Waals surface area contributed by atoms with Gasteiger partial charge in [-0.25, -0.2) is 4.98 Å². The normalized spacial score (nSPS) is 10.9. The minimum absolute atomic E-state index is 0.101. The molecule has 0 fully saturated rings. The lowest BCUT2D eigenvalue weighted by atomic mass is 10.1. The Kier molecular flexibility index (Phi) is 5.97. The van der Waals surface area contributed by atoms with Crippen molar-refractivity contribution in [3.05, 3.63) is 82.6 Å². The van der Waals surface area contributed by atoms with Crippen LogP contribution in [0.1, 0.15) is 16.7 Å². The summed E-state index contributed by atoms with van der Waals surface area (Å²) in [5.74, 6) is 0.408. The lowest BCUT2D eigenvalue weighted by molar-refractivity contribution is -0.120. The van der Waals surface area contributed by atoms with Gasteiger partial charge in [-0.05, 0) is 73.0 Å². The highest BCUT2D eigenvalue weighted by atomic mass is 35.5. The van der Waals surface area contributed by atoms with Gasteiger partial charge in [0.1, 0.15) is 5.75 Å². The summed E-state index contributed by atoms with van der Waals surface area (Å²) in [7, 11) is 0. The first-order valence-electron chi connectivity index (χ1n) is 9.45. The van der Waals surface area contributed by atoms with E-state index in [0.717, 1.165) is 15.8 Å². The SMILES string of the molecule is Cc1cc2nc(N(Cc3cccnc3)C(=O)COc3ccc(Cl)cc3)sc2cc1C. The highest BCUT2D eigenvalue weighted by molar-refractivity contribution is 7.22. The predicted octanol–water partition coefficient (Wildman–Crippen LogP) is 5.57. The number of hydrogen-bond donors (Lipinski definition) is 0. The molecule has 1 amide bonds. The lowest BCUT2D eigenvalue weighted by Crippen LogP contribution is -2.34. The number of carbonyl (C=O) groups is 1. The first-order chi connectivity index (χ1) is 14.5. The van der Waals surface area contributed by atoms with Crippen LogP contribution < -0.4 is 9.64 Å². The van der Waals surface area contributed by atoms with Crippen molar-refractivity contribution < 1.29 is 9.53 Å². The van der Waals surface area contributed by atoms with E-state index < -0.39 is 0 Å². The van der Waals surface area contributed by atoms with Crippen LogP contribution in [0, 0.1) is 13.8 Å². The summed E-state index contributed by atoms with van der Waals surface area (Å²) < 4.78 is 6.74. The summed E-state index contributed by atoms with van der Waals surface area (Å²) in [4.78, 5) is 23.7. The van der Waals surface area contributed by atoms with E-state index in [-0.39, 0.29) is 12.5 Å². The van der Waals surface area contributed by atoms with Gasteiger partial charge in [-0.3, -0.25) is 14.7 Å². The molecule has 152 valence electrons. The second-order valence-corrected chi connectivity index (χ2v) is 8.43. The Morgan fingerprint density at radius 2 is 1.90 bits per heavy atom. The summed E-state index contributed by atoms with van der Waals surface area (Å²) in [5.41, 5.74) is 4.19. The maximum atomic E-state index is 13.1. The molecule has 0 N–H and O–H groups in total. The Labute approximate surface area is 183 Å². The Morgan fingerprint density at radius 3 is 2.63 bits per heavy atom. The minimum Gasteiger partial charge on any atom is -0.484 e. The Bertz CT molecular complexity index is 1140. The van der Waals surface area contributed by atoms with Gasteiger partial charge < -0.3 is 4.74 Å². The van der Waals surface area contributed by atoms with Crippen LogP contribution in [0.25, 0.3) is 10.2 Å². The van der Waals surface area contributed by atoms with Gasteiger partial charge in [-0.15, -0.1) is 0 Å². The van der Waals surface area contributed by atoms with Crippen molar-refractivity contribution in [2.24, 2.45) is 0 Å². The number of nitrogens with zero attached hydrogens (tertiary/aromatic N) is 3. The number of fused-ring (bicyclic) bond motifs is 1. The number of halogens is 1. The van der Waals surface area contributed by atoms with Gasteiger partial charge in [0, 0.05) is 17.4 Å². The lowest BCUT2D eigenvalue weighted by Gasteiger charge is -2.20. The van der Waals surface area contributed by atoms with Crippen molar-refractivity contribution in [3.8, 4) is 5.75 Å². The highest BCUT2D eigenvalue weighted by Gasteiger charge is 2.21. The molecule has 2 heterocycles. The van der Waals surface area contributed by atoms with Crippen LogP contribution in [0.2, 0.25) is 5.02 Å². The summed E-state index contributed by atoms with van der Waals surface area (Å²) in [5, 5.41) is 1.26. The summed E-state index contributed by atoms with van der Waals surface area (Å²) in [6.45, 7) is 4.41. The molecule has 0 atom stereocenters. The topological polar surface area (TPSA) is 55.3 Å². The van der Waals surface area contributed by atoms with Crippen LogP contribution in [-0.2, 0) is 11.3 Å². The summed E-state index contributed by atoms with van der Waals surface area (Å²) in [6.07, 6.45) is 3.46. The van der Waals surface area contributed by atoms with Crippen molar-refractivity contribution in [1.29, 1.82) is 0 Å². The van der Waals surface area contributed by atoms with Gasteiger partial charge in [0.05, 0.1) is 16.8 Å². The number of rotatable bonds is 6. The molecular formula is C23H20ClN3O2S. The first kappa shape index (κ1) is 20.3. The van der Waals surface area contributed by atoms with E-state index in [1.165, 1.54) is 22.5 Å². The molecule has 0 spiro atoms. The molecule has 0 aliphatic rings. The zero-order chi connectivity index (χ0) is 21.1. The van der Waals surface area contributed by atoms with E-state index in [2.05, 4.69) is 31.0 Å². The molecule has 4 aromatic rings. The molecule has 4 rings (SSSR count). The first-order valence-corrected chi connectivity index (χ1v) is 10.6. The molecule has 0 saturated carbocycles. The average Bonchev–Trinajstić information content (AvgIpc) is 3.14. The van der Waals surface area contributed by atoms with Crippen LogP contribution in [0.3, 0.4) is 0 Å². The monoisotopic (exact) mass is 437 g/mol. The smallest absolute Gasteiger partial charge is 0.267 e. The number of thiazole rings is 1. The Balaban J connectivity index is 1.62. The van der Waals surface area contributed by atoms with Crippen LogP contribution in [0.15, 0.2) is 60.9 Å². The molecule has 7 heteroatoms. The van der Waals surface area contributed by atoms with E-state index in [1.807, 2.05) is 12.1 Å². The average molecular weight is 438 g/mol. The number of anilines is 1. The third-order valence-corrected chi connectivity index (χ3v) is 6.06. The Morgan fingerprint density at radius 1 is 1.13 bits per heavy atom. The van der Waals surface area contributed by atoms with Crippen LogP contribution >= 0.6 is 22.9 Å². The molecule has 0 aliphatic carbocycles. The van der Waals surface area contributed by atoms with Gasteiger partial charge in [0.15, 0.2) is 11.7 Å². The molecular weight excluding hydrogens is 418 g/mol. The third kappa shape index (κ3) is 4.61. The quantitative estimate of drug-likeness (QED) is 0.395. The molecule has 0 radical (unpaired) electrons. The van der Waals surface area contributed by atoms with Crippen molar-refractivity contribution in [2.75, 3.05) is 11.5 Å². The van der Waals surface area contributed by atoms with E-state index in [9.17, 15) is 4.79 Å². The number of benzene rings is 2. The van der Waals surface area contributed by atoms with E-state index in [4.69, 9.17) is 21.3 Å². The van der Waals surface area contributed by atoms with Crippen LogP contribution in [0.4, 0.5) is 5.13 Å². The summed E-state index contributed by atoms with van der Waals surface area (Å²) in [6, 6.07) is 14.9. The van der Waals surface area contributed by atoms with Crippen LogP contribution in [0.5, 0.6) is 5.75 Å². The van der Waals surface area contributed by atoms with Crippen molar-refractivity contribution in [1.82, 2.24) is 9.97 Å².